The van der Waals surface area contributed by atoms with Crippen molar-refractivity contribution in [3.63, 3.8) is 0 Å². The van der Waals surface area contributed by atoms with Crippen molar-refractivity contribution in [2.45, 2.75) is 30.8 Å². The van der Waals surface area contributed by atoms with Gasteiger partial charge in [-0.3, -0.25) is 0 Å². The van der Waals surface area contributed by atoms with Crippen molar-refractivity contribution in [3.8, 4) is 5.75 Å². The van der Waals surface area contributed by atoms with Crippen molar-refractivity contribution in [3.05, 3.63) is 64.3 Å². The summed E-state index contributed by atoms with van der Waals surface area (Å²) in [5.41, 5.74) is 0.441. The first kappa shape index (κ1) is 19.6. The minimum atomic E-state index is -3.30. The van der Waals surface area contributed by atoms with Crippen molar-refractivity contribution in [2.75, 3.05) is 6.26 Å². The van der Waals surface area contributed by atoms with Crippen LogP contribution in [0.15, 0.2) is 63.7 Å². The van der Waals surface area contributed by atoms with E-state index in [9.17, 15) is 13.2 Å². The summed E-state index contributed by atoms with van der Waals surface area (Å²) in [6.07, 6.45) is 1.71. The fourth-order valence-electron chi connectivity index (χ4n) is 2.91. The molecule has 0 unspecified atom stereocenters. The number of carbonyl (C=O) groups excluding carboxylic acids is 1. The van der Waals surface area contributed by atoms with Gasteiger partial charge in [-0.1, -0.05) is 35.0 Å². The van der Waals surface area contributed by atoms with Crippen molar-refractivity contribution >= 4 is 37.3 Å². The van der Waals surface area contributed by atoms with E-state index >= 15 is 0 Å². The van der Waals surface area contributed by atoms with Crippen LogP contribution in [0.25, 0.3) is 5.57 Å². The van der Waals surface area contributed by atoms with E-state index in [-0.39, 0.29) is 10.7 Å². The minimum Gasteiger partial charge on any atom is -0.449 e. The molecule has 0 fully saturated rings. The Kier molecular flexibility index (Phi) is 5.18. The van der Waals surface area contributed by atoms with Gasteiger partial charge in [0.1, 0.15) is 11.4 Å². The van der Waals surface area contributed by atoms with Gasteiger partial charge in [-0.2, -0.15) is 0 Å². The molecular weight excluding hydrogens is 432 g/mol. The highest BCUT2D eigenvalue weighted by molar-refractivity contribution is 9.10. The van der Waals surface area contributed by atoms with Crippen LogP contribution in [-0.4, -0.2) is 26.2 Å². The van der Waals surface area contributed by atoms with Crippen LogP contribution in [0.3, 0.4) is 0 Å². The molecule has 0 N–H and O–H groups in total. The Hall–Kier alpha value is -2.12. The number of ether oxygens (including phenoxy) is 2. The van der Waals surface area contributed by atoms with Gasteiger partial charge in [0.25, 0.3) is 0 Å². The van der Waals surface area contributed by atoms with Crippen LogP contribution >= 0.6 is 15.9 Å². The van der Waals surface area contributed by atoms with Gasteiger partial charge in [0.05, 0.1) is 10.5 Å². The number of hydrogen-bond donors (Lipinski definition) is 0. The standard InChI is InChI=1S/C20H19BrO5S/c1-4-20(2)17(13-5-11-16(12-6-13)27(3,23)24)18(19(22)26-20)25-15-9-7-14(21)8-10-15/h5-12H,4H2,1-3H3/t20-/m1/s1. The summed E-state index contributed by atoms with van der Waals surface area (Å²) in [7, 11) is -3.30. The summed E-state index contributed by atoms with van der Waals surface area (Å²) in [5, 5.41) is 0. The third-order valence-electron chi connectivity index (χ3n) is 4.54. The largest absolute Gasteiger partial charge is 0.449 e. The van der Waals surface area contributed by atoms with E-state index in [1.807, 2.05) is 26.0 Å². The van der Waals surface area contributed by atoms with Gasteiger partial charge in [0.15, 0.2) is 9.84 Å². The minimum absolute atomic E-state index is 0.119. The first-order valence-corrected chi connectivity index (χ1v) is 11.0. The molecule has 0 spiro atoms. The topological polar surface area (TPSA) is 69.7 Å². The molecule has 0 aliphatic carbocycles. The van der Waals surface area contributed by atoms with E-state index in [4.69, 9.17) is 9.47 Å². The van der Waals surface area contributed by atoms with Crippen molar-refractivity contribution in [2.24, 2.45) is 0 Å². The fraction of sp³-hybridized carbons (Fsp3) is 0.250. The second kappa shape index (κ2) is 7.13. The van der Waals surface area contributed by atoms with Crippen molar-refractivity contribution in [1.29, 1.82) is 0 Å². The highest BCUT2D eigenvalue weighted by Crippen LogP contribution is 2.42. The lowest BCUT2D eigenvalue weighted by Crippen LogP contribution is -2.26. The molecule has 142 valence electrons. The summed E-state index contributed by atoms with van der Waals surface area (Å²) in [6.45, 7) is 3.74. The van der Waals surface area contributed by atoms with Crippen molar-refractivity contribution < 1.29 is 22.7 Å². The van der Waals surface area contributed by atoms with E-state index in [0.29, 0.717) is 23.3 Å². The molecule has 1 atom stereocenters. The SMILES string of the molecule is CC[C@@]1(C)OC(=O)C(Oc2ccc(Br)cc2)=C1c1ccc(S(C)(=O)=O)cc1. The van der Waals surface area contributed by atoms with Crippen LogP contribution in [0.1, 0.15) is 25.8 Å². The Morgan fingerprint density at radius 2 is 1.67 bits per heavy atom. The lowest BCUT2D eigenvalue weighted by molar-refractivity contribution is -0.147. The average molecular weight is 451 g/mol. The Morgan fingerprint density at radius 1 is 1.07 bits per heavy atom. The highest BCUT2D eigenvalue weighted by atomic mass is 79.9. The number of hydrogen-bond acceptors (Lipinski definition) is 5. The molecule has 1 aliphatic heterocycles. The molecule has 1 heterocycles. The normalized spacial score (nSPS) is 19.9. The van der Waals surface area contributed by atoms with Crippen LogP contribution < -0.4 is 4.74 Å². The van der Waals surface area contributed by atoms with Gasteiger partial charge in [0, 0.05) is 10.7 Å². The maximum atomic E-state index is 12.5. The summed E-state index contributed by atoms with van der Waals surface area (Å²) in [5.74, 6) is 0.0917. The van der Waals surface area contributed by atoms with E-state index in [0.717, 1.165) is 10.7 Å². The number of halogens is 1. The van der Waals surface area contributed by atoms with E-state index in [1.54, 1.807) is 24.3 Å². The molecule has 0 amide bonds. The third-order valence-corrected chi connectivity index (χ3v) is 6.20. The summed E-state index contributed by atoms with van der Waals surface area (Å²) >= 11 is 3.36. The predicted molar refractivity (Wildman–Crippen MR) is 106 cm³/mol. The van der Waals surface area contributed by atoms with Gasteiger partial charge < -0.3 is 9.47 Å². The molecule has 1 aliphatic rings. The Bertz CT molecular complexity index is 1010. The van der Waals surface area contributed by atoms with Crippen LogP contribution in [0, 0.1) is 0 Å². The zero-order valence-electron chi connectivity index (χ0n) is 15.2. The molecule has 7 heteroatoms. The quantitative estimate of drug-likeness (QED) is 0.632. The number of benzene rings is 2. The molecule has 0 aromatic heterocycles. The molecule has 27 heavy (non-hydrogen) atoms. The first-order valence-electron chi connectivity index (χ1n) is 8.36. The second-order valence-electron chi connectivity index (χ2n) is 6.53. The number of rotatable bonds is 5. The van der Waals surface area contributed by atoms with Gasteiger partial charge in [-0.25, -0.2) is 13.2 Å². The lowest BCUT2D eigenvalue weighted by Gasteiger charge is -2.24. The molecule has 0 saturated carbocycles. The zero-order valence-corrected chi connectivity index (χ0v) is 17.6. The molecule has 5 nitrogen and oxygen atoms in total. The molecule has 0 saturated heterocycles. The average Bonchev–Trinajstić information content (AvgIpc) is 2.87. The van der Waals surface area contributed by atoms with Crippen molar-refractivity contribution in [1.82, 2.24) is 0 Å². The van der Waals surface area contributed by atoms with Gasteiger partial charge in [-0.05, 0) is 55.3 Å². The maximum absolute atomic E-state index is 12.5. The molecular formula is C20H19BrO5S. The number of cyclic esters (lactones) is 1. The molecule has 0 bridgehead atoms. The molecule has 0 radical (unpaired) electrons. The predicted octanol–water partition coefficient (Wildman–Crippen LogP) is 4.37. The fourth-order valence-corrected chi connectivity index (χ4v) is 3.81. The third kappa shape index (κ3) is 3.94. The lowest BCUT2D eigenvalue weighted by atomic mass is 9.88. The number of carbonyl (C=O) groups is 1. The zero-order chi connectivity index (χ0) is 19.8. The van der Waals surface area contributed by atoms with E-state index < -0.39 is 21.4 Å². The van der Waals surface area contributed by atoms with Gasteiger partial charge in [0.2, 0.25) is 5.76 Å². The monoisotopic (exact) mass is 450 g/mol. The summed E-state index contributed by atoms with van der Waals surface area (Å²) in [4.78, 5) is 12.7. The number of sulfone groups is 1. The summed E-state index contributed by atoms with van der Waals surface area (Å²) in [6, 6.07) is 13.5. The van der Waals surface area contributed by atoms with Crippen LogP contribution in [-0.2, 0) is 19.4 Å². The van der Waals surface area contributed by atoms with E-state index in [1.165, 1.54) is 12.1 Å². The van der Waals surface area contributed by atoms with Gasteiger partial charge >= 0.3 is 5.97 Å². The molecule has 2 aromatic rings. The maximum Gasteiger partial charge on any atom is 0.375 e. The first-order chi connectivity index (χ1) is 12.6. The smallest absolute Gasteiger partial charge is 0.375 e. The van der Waals surface area contributed by atoms with Gasteiger partial charge in [-0.15, -0.1) is 0 Å². The Morgan fingerprint density at radius 3 is 2.19 bits per heavy atom. The molecule has 3 rings (SSSR count). The molecule has 2 aromatic carbocycles. The second-order valence-corrected chi connectivity index (χ2v) is 9.46. The Balaban J connectivity index is 2.10. The Labute approximate surface area is 167 Å². The number of esters is 1. The van der Waals surface area contributed by atoms with Crippen LogP contribution in [0.4, 0.5) is 0 Å². The van der Waals surface area contributed by atoms with Crippen LogP contribution in [0.2, 0.25) is 0 Å². The van der Waals surface area contributed by atoms with E-state index in [2.05, 4.69) is 15.9 Å². The summed E-state index contributed by atoms with van der Waals surface area (Å²) < 4.78 is 35.8. The van der Waals surface area contributed by atoms with Crippen LogP contribution in [0.5, 0.6) is 5.75 Å². The highest BCUT2D eigenvalue weighted by Gasteiger charge is 2.45.